The number of halogens is 1. The van der Waals surface area contributed by atoms with Crippen molar-refractivity contribution in [1.82, 2.24) is 24.5 Å². The minimum absolute atomic E-state index is 0.0393. The summed E-state index contributed by atoms with van der Waals surface area (Å²) in [5, 5.41) is 16.8. The first-order chi connectivity index (χ1) is 30.8. The molecule has 3 N–H and O–H groups in total. The average molecular weight is 910 g/mol. The van der Waals surface area contributed by atoms with Crippen LogP contribution in [0.4, 0.5) is 17.1 Å². The summed E-state index contributed by atoms with van der Waals surface area (Å²) < 4.78 is 41.9. The van der Waals surface area contributed by atoms with E-state index in [1.165, 1.54) is 47.9 Å². The quantitative estimate of drug-likeness (QED) is 0.0723. The number of nitro groups is 1. The van der Waals surface area contributed by atoms with Crippen molar-refractivity contribution in [3.8, 4) is 11.5 Å². The van der Waals surface area contributed by atoms with Crippen molar-refractivity contribution in [3.63, 3.8) is 0 Å². The Hall–Kier alpha value is -5.52. The van der Waals surface area contributed by atoms with Crippen molar-refractivity contribution in [3.05, 3.63) is 117 Å². The zero-order chi connectivity index (χ0) is 44.6. The number of rotatable bonds is 14. The zero-order valence-corrected chi connectivity index (χ0v) is 37.6. The summed E-state index contributed by atoms with van der Waals surface area (Å²) in [6, 6.07) is 21.0. The first-order valence-corrected chi connectivity index (χ1v) is 23.8. The number of sulfonamides is 1. The molecule has 1 amide bonds. The molecule has 4 aliphatic rings. The smallest absolute Gasteiger partial charge is 0.293 e. The van der Waals surface area contributed by atoms with E-state index in [2.05, 4.69) is 60.7 Å². The fourth-order valence-corrected chi connectivity index (χ4v) is 10.2. The lowest BCUT2D eigenvalue weighted by atomic mass is 9.72. The number of hydrogen-bond acceptors (Lipinski definition) is 12. The van der Waals surface area contributed by atoms with Crippen LogP contribution in [0.2, 0.25) is 5.02 Å². The van der Waals surface area contributed by atoms with Crippen LogP contribution in [-0.4, -0.2) is 110 Å². The van der Waals surface area contributed by atoms with Crippen LogP contribution in [0, 0.1) is 15.5 Å². The van der Waals surface area contributed by atoms with Crippen molar-refractivity contribution >= 4 is 61.2 Å². The van der Waals surface area contributed by atoms with E-state index in [9.17, 15) is 23.3 Å². The van der Waals surface area contributed by atoms with Crippen molar-refractivity contribution in [2.75, 3.05) is 69.2 Å². The number of piperazine rings is 1. The molecule has 15 nitrogen and oxygen atoms in total. The van der Waals surface area contributed by atoms with Crippen LogP contribution in [0.15, 0.2) is 95.7 Å². The Balaban J connectivity index is 0.914. The highest BCUT2D eigenvalue weighted by Crippen LogP contribution is 2.43. The number of pyridine rings is 1. The van der Waals surface area contributed by atoms with Crippen molar-refractivity contribution < 1.29 is 27.6 Å². The Morgan fingerprint density at radius 2 is 1.83 bits per heavy atom. The van der Waals surface area contributed by atoms with Crippen LogP contribution < -0.4 is 19.7 Å². The predicted molar refractivity (Wildman–Crippen MR) is 248 cm³/mol. The molecule has 0 bridgehead atoms. The highest BCUT2D eigenvalue weighted by Gasteiger charge is 2.34. The van der Waals surface area contributed by atoms with Crippen molar-refractivity contribution in [2.24, 2.45) is 5.41 Å². The molecule has 336 valence electrons. The average Bonchev–Trinajstić information content (AvgIpc) is 4.03. The highest BCUT2D eigenvalue weighted by molar-refractivity contribution is 7.90. The molecule has 4 heterocycles. The fourth-order valence-electron chi connectivity index (χ4n) is 9.06. The largest absolute Gasteiger partial charge is 0.455 e. The number of allylic oxidation sites excluding steroid dienone is 1. The Morgan fingerprint density at radius 1 is 1.03 bits per heavy atom. The predicted octanol–water partition coefficient (Wildman–Crippen LogP) is 8.10. The number of hydrogen-bond donors (Lipinski definition) is 3. The fraction of sp³-hybridized carbons (Fsp3) is 0.404. The summed E-state index contributed by atoms with van der Waals surface area (Å²) >= 11 is 6.25. The van der Waals surface area contributed by atoms with E-state index in [1.54, 1.807) is 30.5 Å². The third-order valence-corrected chi connectivity index (χ3v) is 14.4. The van der Waals surface area contributed by atoms with Crippen LogP contribution in [0.25, 0.3) is 16.6 Å². The molecule has 5 aromatic rings. The number of carbonyl (C=O) groups is 1. The molecular weight excluding hydrogens is 856 g/mol. The maximum Gasteiger partial charge on any atom is 0.293 e. The van der Waals surface area contributed by atoms with Gasteiger partial charge < -0.3 is 24.7 Å². The number of benzene rings is 3. The molecule has 2 aliphatic carbocycles. The number of nitro benzene ring substituents is 1. The molecular formula is C47H53ClN8O7S. The van der Waals surface area contributed by atoms with E-state index in [4.69, 9.17) is 21.1 Å². The van der Waals surface area contributed by atoms with E-state index in [0.717, 1.165) is 87.2 Å². The standard InChI is InChI=1S/C47H53ClN8O7S/c1-47(2)15-13-33(41(26-47)31-3-5-34(48)6-4-31)29-53-17-19-54(20-18-53)36-9-11-40(44(24-36)63-37-23-32-14-16-49-45(32)51-27-37)46(57)52-64(60,61)39-10-12-42(43(25-39)56(58)59)50-28-38-30-55(21-22-62-38)35-7-8-35/h3-6,9-12,14,16,23-25,27,35,38,50H,7-8,13,15,17-22,26,28-30H2,1-2H3,(H,49,51)(H,52,57)/t38-/m1/s1. The van der Waals surface area contributed by atoms with Gasteiger partial charge in [0.05, 0.1) is 34.3 Å². The van der Waals surface area contributed by atoms with Crippen molar-refractivity contribution in [2.45, 2.75) is 63.0 Å². The summed E-state index contributed by atoms with van der Waals surface area (Å²) in [5.74, 6) is -0.478. The monoisotopic (exact) mass is 908 g/mol. The van der Waals surface area contributed by atoms with Gasteiger partial charge in [0.25, 0.3) is 21.6 Å². The third-order valence-electron chi connectivity index (χ3n) is 12.8. The van der Waals surface area contributed by atoms with Gasteiger partial charge in [0.2, 0.25) is 0 Å². The lowest BCUT2D eigenvalue weighted by Gasteiger charge is -2.39. The second-order valence-electron chi connectivity index (χ2n) is 18.0. The van der Waals surface area contributed by atoms with Gasteiger partial charge in [-0.3, -0.25) is 24.7 Å². The Kier molecular flexibility index (Phi) is 12.4. The Bertz CT molecular complexity index is 2690. The number of H-pyrrole nitrogens is 1. The first kappa shape index (κ1) is 43.7. The molecule has 2 aromatic heterocycles. The SMILES string of the molecule is CC1(C)CCC(CN2CCN(c3ccc(C(=O)NS(=O)(=O)c4ccc(NC[C@@H]5CN(C6CC6)CCO5)c([N+](=O)[O-])c4)c(Oc4cnc5[nH]ccc5c4)c3)CC2)=C(c2ccc(Cl)cc2)C1. The van der Waals surface area contributed by atoms with E-state index < -0.39 is 31.4 Å². The number of aromatic nitrogens is 2. The number of nitrogens with zero attached hydrogens (tertiary/aromatic N) is 5. The van der Waals surface area contributed by atoms with Gasteiger partial charge in [0.15, 0.2) is 0 Å². The van der Waals surface area contributed by atoms with Crippen LogP contribution in [0.3, 0.4) is 0 Å². The number of nitrogens with one attached hydrogen (secondary N) is 3. The number of morpholine rings is 1. The van der Waals surface area contributed by atoms with Gasteiger partial charge in [-0.25, -0.2) is 18.1 Å². The summed E-state index contributed by atoms with van der Waals surface area (Å²) in [7, 11) is -4.58. The van der Waals surface area contributed by atoms with E-state index in [1.807, 2.05) is 18.2 Å². The molecule has 1 saturated carbocycles. The van der Waals surface area contributed by atoms with E-state index in [0.29, 0.717) is 30.6 Å². The molecule has 3 fully saturated rings. The van der Waals surface area contributed by atoms with Gasteiger partial charge in [-0.1, -0.05) is 43.2 Å². The van der Waals surface area contributed by atoms with E-state index in [-0.39, 0.29) is 28.5 Å². The maximum absolute atomic E-state index is 14.0. The van der Waals surface area contributed by atoms with Gasteiger partial charge in [-0.15, -0.1) is 0 Å². The number of aromatic amines is 1. The molecule has 9 rings (SSSR count). The third kappa shape index (κ3) is 10.1. The minimum Gasteiger partial charge on any atom is -0.455 e. The number of amides is 1. The summed E-state index contributed by atoms with van der Waals surface area (Å²) in [6.45, 7) is 11.1. The number of anilines is 2. The van der Waals surface area contributed by atoms with Gasteiger partial charge in [-0.2, -0.15) is 0 Å². The van der Waals surface area contributed by atoms with Crippen LogP contribution in [-0.2, 0) is 14.8 Å². The second-order valence-corrected chi connectivity index (χ2v) is 20.2. The normalized spacial score (nSPS) is 19.7. The topological polar surface area (TPSA) is 175 Å². The molecule has 0 spiro atoms. The van der Waals surface area contributed by atoms with Gasteiger partial charge in [0, 0.05) is 92.8 Å². The molecule has 17 heteroatoms. The zero-order valence-electron chi connectivity index (χ0n) is 36.0. The molecule has 0 unspecified atom stereocenters. The van der Waals surface area contributed by atoms with Gasteiger partial charge in [0.1, 0.15) is 22.8 Å². The minimum atomic E-state index is -4.58. The maximum atomic E-state index is 14.0. The molecule has 2 saturated heterocycles. The van der Waals surface area contributed by atoms with E-state index >= 15 is 0 Å². The number of ether oxygens (including phenoxy) is 2. The van der Waals surface area contributed by atoms with Gasteiger partial charge in [-0.05, 0) is 97.2 Å². The molecule has 0 radical (unpaired) electrons. The van der Waals surface area contributed by atoms with Crippen LogP contribution in [0.1, 0.15) is 61.9 Å². The first-order valence-electron chi connectivity index (χ1n) is 21.9. The lowest BCUT2D eigenvalue weighted by Crippen LogP contribution is -2.47. The molecule has 2 aliphatic heterocycles. The highest BCUT2D eigenvalue weighted by atomic mass is 35.5. The Labute approximate surface area is 378 Å². The van der Waals surface area contributed by atoms with Gasteiger partial charge >= 0.3 is 0 Å². The second kappa shape index (κ2) is 18.2. The summed E-state index contributed by atoms with van der Waals surface area (Å²) in [6.07, 6.45) is 8.65. The Morgan fingerprint density at radius 3 is 2.59 bits per heavy atom. The summed E-state index contributed by atoms with van der Waals surface area (Å²) in [4.78, 5) is 39.7. The molecule has 1 atom stereocenters. The van der Waals surface area contributed by atoms with Crippen molar-refractivity contribution in [1.29, 1.82) is 0 Å². The molecule has 64 heavy (non-hydrogen) atoms. The van der Waals surface area contributed by atoms with Crippen LogP contribution >= 0.6 is 11.6 Å². The number of carbonyl (C=O) groups excluding carboxylic acids is 1. The molecule has 3 aromatic carbocycles. The lowest BCUT2D eigenvalue weighted by molar-refractivity contribution is -0.384. The summed E-state index contributed by atoms with van der Waals surface area (Å²) in [5.41, 5.74) is 5.48. The number of fused-ring (bicyclic) bond motifs is 1. The van der Waals surface area contributed by atoms with Crippen LogP contribution in [0.5, 0.6) is 11.5 Å².